The zero-order valence-electron chi connectivity index (χ0n) is 10.1. The van der Waals surface area contributed by atoms with Gasteiger partial charge in [-0.2, -0.15) is 0 Å². The predicted molar refractivity (Wildman–Crippen MR) is 62.3 cm³/mol. The molecule has 0 aliphatic carbocycles. The average Bonchev–Trinajstić information content (AvgIpc) is 2.64. The van der Waals surface area contributed by atoms with Gasteiger partial charge in [-0.15, -0.1) is 0 Å². The number of carbonyl (C=O) groups is 1. The van der Waals surface area contributed by atoms with E-state index in [0.29, 0.717) is 12.6 Å². The molecular formula is C11H18N4O. The maximum Gasteiger partial charge on any atom is 0.242 e. The summed E-state index contributed by atoms with van der Waals surface area (Å²) in [6.45, 7) is 6.41. The summed E-state index contributed by atoms with van der Waals surface area (Å²) in [5.74, 6) is 1.04. The molecule has 0 radical (unpaired) electrons. The van der Waals surface area contributed by atoms with Crippen molar-refractivity contribution in [2.24, 2.45) is 7.05 Å². The van der Waals surface area contributed by atoms with Crippen molar-refractivity contribution >= 4 is 11.7 Å². The molecule has 5 heteroatoms. The van der Waals surface area contributed by atoms with Crippen molar-refractivity contribution in [1.82, 2.24) is 14.5 Å². The number of hydrogen-bond acceptors (Lipinski definition) is 3. The molecule has 0 atom stereocenters. The van der Waals surface area contributed by atoms with Crippen molar-refractivity contribution in [3.05, 3.63) is 12.5 Å². The molecule has 0 aromatic carbocycles. The number of aryl methyl sites for hydroxylation is 1. The van der Waals surface area contributed by atoms with Crippen LogP contribution in [0.2, 0.25) is 0 Å². The van der Waals surface area contributed by atoms with Gasteiger partial charge in [-0.1, -0.05) is 0 Å². The van der Waals surface area contributed by atoms with Gasteiger partial charge >= 0.3 is 0 Å². The van der Waals surface area contributed by atoms with Gasteiger partial charge in [0, 0.05) is 26.2 Å². The van der Waals surface area contributed by atoms with E-state index in [1.165, 1.54) is 0 Å². The number of anilines is 1. The summed E-state index contributed by atoms with van der Waals surface area (Å²) in [6, 6.07) is 0.428. The number of aromatic nitrogens is 2. The first-order chi connectivity index (χ1) is 7.59. The van der Waals surface area contributed by atoms with Gasteiger partial charge in [-0.25, -0.2) is 4.98 Å². The van der Waals surface area contributed by atoms with Gasteiger partial charge in [0.15, 0.2) is 0 Å². The summed E-state index contributed by atoms with van der Waals surface area (Å²) in [5, 5.41) is 0. The van der Waals surface area contributed by atoms with Crippen LogP contribution >= 0.6 is 0 Å². The van der Waals surface area contributed by atoms with Gasteiger partial charge in [-0.05, 0) is 13.8 Å². The van der Waals surface area contributed by atoms with Crippen molar-refractivity contribution in [1.29, 1.82) is 0 Å². The van der Waals surface area contributed by atoms with E-state index in [2.05, 4.69) is 23.7 Å². The molecule has 2 rings (SSSR count). The lowest BCUT2D eigenvalue weighted by molar-refractivity contribution is -0.121. The fraction of sp³-hybridized carbons (Fsp3) is 0.636. The van der Waals surface area contributed by atoms with Crippen LogP contribution < -0.4 is 4.90 Å². The number of hydrogen-bond donors (Lipinski definition) is 0. The summed E-state index contributed by atoms with van der Waals surface area (Å²) < 4.78 is 1.88. The molecule has 1 aliphatic heterocycles. The van der Waals surface area contributed by atoms with Crippen LogP contribution in [0.15, 0.2) is 12.5 Å². The maximum atomic E-state index is 12.0. The van der Waals surface area contributed by atoms with Crippen LogP contribution in [0.1, 0.15) is 13.8 Å². The zero-order chi connectivity index (χ0) is 11.7. The van der Waals surface area contributed by atoms with E-state index in [4.69, 9.17) is 0 Å². The van der Waals surface area contributed by atoms with Crippen LogP contribution in [0.5, 0.6) is 0 Å². The molecule has 1 fully saturated rings. The van der Waals surface area contributed by atoms with Crippen molar-refractivity contribution in [3.8, 4) is 0 Å². The van der Waals surface area contributed by atoms with E-state index in [-0.39, 0.29) is 5.91 Å². The van der Waals surface area contributed by atoms with Gasteiger partial charge < -0.3 is 4.57 Å². The molecule has 0 spiro atoms. The number of rotatable bonds is 2. The number of piperazine rings is 1. The number of amides is 1. The fourth-order valence-corrected chi connectivity index (χ4v) is 1.98. The van der Waals surface area contributed by atoms with E-state index in [0.717, 1.165) is 18.9 Å². The minimum absolute atomic E-state index is 0.156. The molecule has 0 N–H and O–H groups in total. The van der Waals surface area contributed by atoms with Crippen LogP contribution in [-0.2, 0) is 11.8 Å². The number of carbonyl (C=O) groups excluding carboxylic acids is 1. The molecule has 16 heavy (non-hydrogen) atoms. The third-order valence-electron chi connectivity index (χ3n) is 3.05. The highest BCUT2D eigenvalue weighted by Gasteiger charge is 2.27. The van der Waals surface area contributed by atoms with Gasteiger partial charge in [0.2, 0.25) is 5.91 Å². The van der Waals surface area contributed by atoms with E-state index in [1.807, 2.05) is 16.5 Å². The van der Waals surface area contributed by atoms with Gasteiger partial charge in [-0.3, -0.25) is 14.6 Å². The van der Waals surface area contributed by atoms with E-state index in [9.17, 15) is 4.79 Å². The Morgan fingerprint density at radius 3 is 2.62 bits per heavy atom. The third-order valence-corrected chi connectivity index (χ3v) is 3.05. The van der Waals surface area contributed by atoms with Crippen molar-refractivity contribution < 1.29 is 4.79 Å². The maximum absolute atomic E-state index is 12.0. The summed E-state index contributed by atoms with van der Waals surface area (Å²) in [4.78, 5) is 20.0. The highest BCUT2D eigenvalue weighted by molar-refractivity contribution is 5.94. The Morgan fingerprint density at radius 2 is 2.12 bits per heavy atom. The molecule has 1 saturated heterocycles. The lowest BCUT2D eigenvalue weighted by Gasteiger charge is -2.36. The summed E-state index contributed by atoms with van der Waals surface area (Å²) >= 11 is 0. The summed E-state index contributed by atoms with van der Waals surface area (Å²) in [5.41, 5.74) is 0. The van der Waals surface area contributed by atoms with E-state index >= 15 is 0 Å². The molecule has 88 valence electrons. The first kappa shape index (κ1) is 11.1. The van der Waals surface area contributed by atoms with Crippen molar-refractivity contribution in [3.63, 3.8) is 0 Å². The lowest BCUT2D eigenvalue weighted by Crippen LogP contribution is -2.52. The lowest BCUT2D eigenvalue weighted by atomic mass is 10.2. The van der Waals surface area contributed by atoms with Crippen LogP contribution in [0.4, 0.5) is 5.82 Å². The second kappa shape index (κ2) is 4.25. The molecule has 5 nitrogen and oxygen atoms in total. The monoisotopic (exact) mass is 222 g/mol. The Labute approximate surface area is 95.7 Å². The van der Waals surface area contributed by atoms with Crippen LogP contribution in [0.3, 0.4) is 0 Å². The first-order valence-electron chi connectivity index (χ1n) is 5.60. The second-order valence-corrected chi connectivity index (χ2v) is 4.47. The predicted octanol–water partition coefficient (Wildman–Crippen LogP) is 0.477. The Balaban J connectivity index is 2.11. The standard InChI is InChI=1S/C11H18N4O/c1-9(2)14-4-5-15(11(16)7-14)10-6-12-8-13(10)3/h6,8-9H,4-5,7H2,1-3H3. The molecule has 0 saturated carbocycles. The van der Waals surface area contributed by atoms with Gasteiger partial charge in [0.25, 0.3) is 0 Å². The Morgan fingerprint density at radius 1 is 1.38 bits per heavy atom. The quantitative estimate of drug-likeness (QED) is 0.730. The topological polar surface area (TPSA) is 41.4 Å². The third kappa shape index (κ3) is 1.95. The van der Waals surface area contributed by atoms with E-state index < -0.39 is 0 Å². The smallest absolute Gasteiger partial charge is 0.242 e. The fourth-order valence-electron chi connectivity index (χ4n) is 1.98. The highest BCUT2D eigenvalue weighted by atomic mass is 16.2. The first-order valence-corrected chi connectivity index (χ1v) is 5.60. The van der Waals surface area contributed by atoms with Gasteiger partial charge in [0.05, 0.1) is 19.1 Å². The average molecular weight is 222 g/mol. The molecule has 1 aromatic heterocycles. The molecule has 1 aromatic rings. The molecule has 2 heterocycles. The van der Waals surface area contributed by atoms with Crippen molar-refractivity contribution in [2.75, 3.05) is 24.5 Å². The summed E-state index contributed by atoms with van der Waals surface area (Å²) in [6.07, 6.45) is 3.46. The van der Waals surface area contributed by atoms with Gasteiger partial charge in [0.1, 0.15) is 5.82 Å². The molecule has 1 amide bonds. The Kier molecular flexibility index (Phi) is 2.96. The van der Waals surface area contributed by atoms with Crippen LogP contribution in [-0.4, -0.2) is 46.0 Å². The van der Waals surface area contributed by atoms with E-state index in [1.54, 1.807) is 12.5 Å². The SMILES string of the molecule is CC(C)N1CCN(c2cncn2C)C(=O)C1. The molecule has 1 aliphatic rings. The van der Waals surface area contributed by atoms with Crippen molar-refractivity contribution in [2.45, 2.75) is 19.9 Å². The largest absolute Gasteiger partial charge is 0.320 e. The highest BCUT2D eigenvalue weighted by Crippen LogP contribution is 2.16. The van der Waals surface area contributed by atoms with Crippen LogP contribution in [0.25, 0.3) is 0 Å². The summed E-state index contributed by atoms with van der Waals surface area (Å²) in [7, 11) is 1.91. The zero-order valence-corrected chi connectivity index (χ0v) is 10.1. The molecule has 0 bridgehead atoms. The Hall–Kier alpha value is -1.36. The molecule has 0 unspecified atom stereocenters. The Bertz CT molecular complexity index is 385. The molecular weight excluding hydrogens is 204 g/mol. The van der Waals surface area contributed by atoms with Crippen LogP contribution in [0, 0.1) is 0 Å². The normalized spacial score (nSPS) is 18.5. The minimum atomic E-state index is 0.156. The second-order valence-electron chi connectivity index (χ2n) is 4.47. The minimum Gasteiger partial charge on any atom is -0.320 e. The number of imidazole rings is 1. The number of nitrogens with zero attached hydrogens (tertiary/aromatic N) is 4.